The Morgan fingerprint density at radius 2 is 1.95 bits per heavy atom. The Morgan fingerprint density at radius 1 is 1.11 bits per heavy atom. The number of fused-ring (bicyclic) bond motifs is 1. The van der Waals surface area contributed by atoms with Crippen LogP contribution in [0.4, 0.5) is 0 Å². The van der Waals surface area contributed by atoms with Gasteiger partial charge in [-0.25, -0.2) is 0 Å². The van der Waals surface area contributed by atoms with E-state index in [1.807, 2.05) is 25.1 Å². The van der Waals surface area contributed by atoms with Crippen LogP contribution in [0.2, 0.25) is 0 Å². The van der Waals surface area contributed by atoms with Crippen LogP contribution < -0.4 is 5.73 Å². The topological polar surface area (TPSA) is 69.4 Å². The van der Waals surface area contributed by atoms with Gasteiger partial charge in [-0.05, 0) is 37.3 Å². The van der Waals surface area contributed by atoms with Crippen molar-refractivity contribution in [2.75, 3.05) is 0 Å². The number of furan rings is 2. The lowest BCUT2D eigenvalue weighted by Gasteiger charge is -1.92. The van der Waals surface area contributed by atoms with E-state index in [1.54, 1.807) is 18.2 Å². The average Bonchev–Trinajstić information content (AvgIpc) is 3.03. The Labute approximate surface area is 109 Å². The van der Waals surface area contributed by atoms with Crippen LogP contribution in [0.15, 0.2) is 45.2 Å². The van der Waals surface area contributed by atoms with Crippen LogP contribution in [0.25, 0.3) is 11.0 Å². The van der Waals surface area contributed by atoms with Crippen LogP contribution in [0, 0.1) is 6.92 Å². The molecule has 2 aromatic heterocycles. The lowest BCUT2D eigenvalue weighted by Crippen LogP contribution is -1.98. The summed E-state index contributed by atoms with van der Waals surface area (Å²) < 4.78 is 10.9. The summed E-state index contributed by atoms with van der Waals surface area (Å²) in [4.78, 5) is 12.2. The summed E-state index contributed by atoms with van der Waals surface area (Å²) in [5.41, 5.74) is 7.27. The maximum absolute atomic E-state index is 12.2. The van der Waals surface area contributed by atoms with E-state index in [4.69, 9.17) is 14.6 Å². The first-order valence-electron chi connectivity index (χ1n) is 6.01. The van der Waals surface area contributed by atoms with Crippen LogP contribution in [0.5, 0.6) is 0 Å². The fourth-order valence-electron chi connectivity index (χ4n) is 2.01. The molecule has 0 bridgehead atoms. The average molecular weight is 255 g/mol. The third-order valence-electron chi connectivity index (χ3n) is 2.98. The quantitative estimate of drug-likeness (QED) is 0.730. The smallest absolute Gasteiger partial charge is 0.263 e. The molecule has 4 heteroatoms. The summed E-state index contributed by atoms with van der Waals surface area (Å²) >= 11 is 0. The zero-order valence-corrected chi connectivity index (χ0v) is 10.5. The highest BCUT2D eigenvalue weighted by Gasteiger charge is 2.18. The van der Waals surface area contributed by atoms with Gasteiger partial charge in [0, 0.05) is 5.39 Å². The normalized spacial score (nSPS) is 11.1. The maximum Gasteiger partial charge on any atom is 0.263 e. The molecule has 0 radical (unpaired) electrons. The predicted molar refractivity (Wildman–Crippen MR) is 71.0 cm³/mol. The van der Waals surface area contributed by atoms with E-state index in [1.165, 1.54) is 0 Å². The summed E-state index contributed by atoms with van der Waals surface area (Å²) in [5.74, 6) is 0.832. The van der Waals surface area contributed by atoms with E-state index in [9.17, 15) is 4.79 Å². The number of benzene rings is 1. The van der Waals surface area contributed by atoms with E-state index in [0.717, 1.165) is 10.9 Å². The molecule has 0 spiro atoms. The number of carbonyl (C=O) groups is 1. The Bertz CT molecular complexity index is 752. The van der Waals surface area contributed by atoms with Crippen molar-refractivity contribution >= 4 is 16.8 Å². The molecular formula is C15H13NO3. The van der Waals surface area contributed by atoms with Gasteiger partial charge in [0.05, 0.1) is 6.54 Å². The molecule has 2 N–H and O–H groups in total. The van der Waals surface area contributed by atoms with Gasteiger partial charge in [-0.2, -0.15) is 0 Å². The fourth-order valence-corrected chi connectivity index (χ4v) is 2.01. The summed E-state index contributed by atoms with van der Waals surface area (Å²) in [5, 5.41) is 0.911. The summed E-state index contributed by atoms with van der Waals surface area (Å²) in [6.45, 7) is 2.26. The maximum atomic E-state index is 12.2. The number of ketones is 1. The van der Waals surface area contributed by atoms with Gasteiger partial charge in [0.1, 0.15) is 11.3 Å². The van der Waals surface area contributed by atoms with E-state index in [0.29, 0.717) is 11.3 Å². The van der Waals surface area contributed by atoms with E-state index in [-0.39, 0.29) is 23.8 Å². The Morgan fingerprint density at radius 3 is 2.68 bits per heavy atom. The van der Waals surface area contributed by atoms with Crippen LogP contribution >= 0.6 is 0 Å². The van der Waals surface area contributed by atoms with Gasteiger partial charge in [0.2, 0.25) is 0 Å². The number of aryl methyl sites for hydroxylation is 1. The molecule has 0 aliphatic rings. The van der Waals surface area contributed by atoms with Crippen LogP contribution in [0.1, 0.15) is 27.6 Å². The van der Waals surface area contributed by atoms with Gasteiger partial charge < -0.3 is 14.6 Å². The number of hydrogen-bond acceptors (Lipinski definition) is 4. The van der Waals surface area contributed by atoms with Crippen molar-refractivity contribution in [2.24, 2.45) is 5.73 Å². The first-order chi connectivity index (χ1) is 9.17. The molecule has 0 saturated heterocycles. The molecule has 0 aliphatic carbocycles. The zero-order valence-electron chi connectivity index (χ0n) is 10.5. The van der Waals surface area contributed by atoms with Gasteiger partial charge in [-0.15, -0.1) is 0 Å². The van der Waals surface area contributed by atoms with Crippen molar-refractivity contribution in [3.05, 3.63) is 59.2 Å². The first kappa shape index (κ1) is 11.7. The van der Waals surface area contributed by atoms with Crippen molar-refractivity contribution in [1.29, 1.82) is 0 Å². The third kappa shape index (κ3) is 2.06. The van der Waals surface area contributed by atoms with Gasteiger partial charge >= 0.3 is 0 Å². The molecule has 4 nitrogen and oxygen atoms in total. The monoisotopic (exact) mass is 255 g/mol. The van der Waals surface area contributed by atoms with E-state index < -0.39 is 0 Å². The minimum atomic E-state index is -0.270. The number of hydrogen-bond donors (Lipinski definition) is 1. The molecule has 0 saturated carbocycles. The second-order valence-electron chi connectivity index (χ2n) is 4.45. The van der Waals surface area contributed by atoms with Crippen molar-refractivity contribution in [3.63, 3.8) is 0 Å². The van der Waals surface area contributed by atoms with Crippen molar-refractivity contribution in [3.8, 4) is 0 Å². The van der Waals surface area contributed by atoms with Gasteiger partial charge in [0.25, 0.3) is 5.78 Å². The van der Waals surface area contributed by atoms with Gasteiger partial charge in [-0.3, -0.25) is 4.79 Å². The molecule has 96 valence electrons. The Hall–Kier alpha value is -2.33. The minimum Gasteiger partial charge on any atom is -0.456 e. The van der Waals surface area contributed by atoms with Crippen molar-refractivity contribution in [1.82, 2.24) is 0 Å². The highest BCUT2D eigenvalue weighted by molar-refractivity contribution is 6.07. The van der Waals surface area contributed by atoms with Gasteiger partial charge in [-0.1, -0.05) is 11.6 Å². The Balaban J connectivity index is 2.01. The fraction of sp³-hybridized carbons (Fsp3) is 0.133. The first-order valence-corrected chi connectivity index (χ1v) is 6.01. The summed E-state index contributed by atoms with van der Waals surface area (Å²) in [6.07, 6.45) is 0. The molecule has 1 aromatic carbocycles. The van der Waals surface area contributed by atoms with E-state index >= 15 is 0 Å². The largest absolute Gasteiger partial charge is 0.456 e. The van der Waals surface area contributed by atoms with Crippen molar-refractivity contribution in [2.45, 2.75) is 13.5 Å². The second-order valence-corrected chi connectivity index (χ2v) is 4.45. The highest BCUT2D eigenvalue weighted by Crippen LogP contribution is 2.23. The molecule has 3 aromatic rings. The lowest BCUT2D eigenvalue weighted by molar-refractivity contribution is 0.0983. The van der Waals surface area contributed by atoms with Crippen LogP contribution in [-0.4, -0.2) is 5.78 Å². The molecular weight excluding hydrogens is 242 g/mol. The molecule has 2 heterocycles. The van der Waals surface area contributed by atoms with Gasteiger partial charge in [0.15, 0.2) is 11.5 Å². The van der Waals surface area contributed by atoms with Crippen LogP contribution in [0.3, 0.4) is 0 Å². The number of carbonyl (C=O) groups excluding carboxylic acids is 1. The van der Waals surface area contributed by atoms with E-state index in [2.05, 4.69) is 0 Å². The minimum absolute atomic E-state index is 0.247. The molecule has 3 rings (SSSR count). The molecule has 0 aliphatic heterocycles. The Kier molecular flexibility index (Phi) is 2.72. The molecule has 0 fully saturated rings. The highest BCUT2D eigenvalue weighted by atomic mass is 16.4. The summed E-state index contributed by atoms with van der Waals surface area (Å²) in [6, 6.07) is 10.8. The predicted octanol–water partition coefficient (Wildman–Crippen LogP) is 3.02. The lowest BCUT2D eigenvalue weighted by atomic mass is 10.1. The number of rotatable bonds is 3. The second kappa shape index (κ2) is 4.40. The molecule has 0 amide bonds. The third-order valence-corrected chi connectivity index (χ3v) is 2.98. The zero-order chi connectivity index (χ0) is 13.4. The SMILES string of the molecule is Cc1ccc2oc(C(=O)c3ccc(CN)o3)cc2c1. The summed E-state index contributed by atoms with van der Waals surface area (Å²) in [7, 11) is 0. The van der Waals surface area contributed by atoms with Crippen molar-refractivity contribution < 1.29 is 13.6 Å². The molecule has 0 unspecified atom stereocenters. The van der Waals surface area contributed by atoms with Crippen LogP contribution in [-0.2, 0) is 6.54 Å². The molecule has 0 atom stereocenters. The number of nitrogens with two attached hydrogens (primary N) is 1. The standard InChI is InChI=1S/C15H13NO3/c1-9-2-4-12-10(6-9)7-14(19-12)15(17)13-5-3-11(8-16)18-13/h2-7H,8,16H2,1H3. The molecule has 19 heavy (non-hydrogen) atoms.